The molecule has 3 N–H and O–H groups in total. The Kier molecular flexibility index (Phi) is 15.5. The van der Waals surface area contributed by atoms with Crippen molar-refractivity contribution in [3.05, 3.63) is 47.8 Å². The van der Waals surface area contributed by atoms with Crippen LogP contribution < -0.4 is 16.0 Å². The van der Waals surface area contributed by atoms with E-state index in [0.717, 1.165) is 12.8 Å². The Balaban J connectivity index is 1.66. The summed E-state index contributed by atoms with van der Waals surface area (Å²) < 4.78 is 20.0. The normalized spacial score (nSPS) is 25.6. The summed E-state index contributed by atoms with van der Waals surface area (Å²) in [6, 6.07) is 0.125. The van der Waals surface area contributed by atoms with Gasteiger partial charge in [0.2, 0.25) is 35.4 Å². The van der Waals surface area contributed by atoms with Gasteiger partial charge in [-0.05, 0) is 82.6 Å². The first-order valence-electron chi connectivity index (χ1n) is 19.2. The smallest absolute Gasteiger partial charge is 0.329 e. The molecule has 3 aliphatic heterocycles. The molecule has 3 heterocycles. The number of amides is 6. The van der Waals surface area contributed by atoms with Crippen LogP contribution in [0.15, 0.2) is 36.4 Å². The average molecular weight is 755 g/mol. The van der Waals surface area contributed by atoms with E-state index in [2.05, 4.69) is 16.0 Å². The second kappa shape index (κ2) is 20.0. The number of hydrogen-bond acceptors (Lipinski definition) is 8. The topological polar surface area (TPSA) is 175 Å². The van der Waals surface area contributed by atoms with E-state index in [-0.39, 0.29) is 37.7 Å². The monoisotopic (exact) mass is 754 g/mol. The van der Waals surface area contributed by atoms with Gasteiger partial charge in [-0.3, -0.25) is 28.8 Å². The lowest BCUT2D eigenvalue weighted by Gasteiger charge is -2.34. The van der Waals surface area contributed by atoms with Crippen molar-refractivity contribution in [3.8, 4) is 0 Å². The van der Waals surface area contributed by atoms with Crippen LogP contribution in [0.2, 0.25) is 0 Å². The van der Waals surface area contributed by atoms with Crippen LogP contribution in [0.25, 0.3) is 0 Å². The highest BCUT2D eigenvalue weighted by Crippen LogP contribution is 2.24. The Morgan fingerprint density at radius 1 is 0.963 bits per heavy atom. The van der Waals surface area contributed by atoms with Crippen LogP contribution in [-0.4, -0.2) is 119 Å². The molecule has 0 saturated carbocycles. The van der Waals surface area contributed by atoms with Crippen molar-refractivity contribution in [1.29, 1.82) is 0 Å². The molecule has 14 nitrogen and oxygen atoms in total. The van der Waals surface area contributed by atoms with E-state index in [1.165, 1.54) is 45.9 Å². The Morgan fingerprint density at radius 2 is 1.67 bits per heavy atom. The van der Waals surface area contributed by atoms with Gasteiger partial charge in [0.25, 0.3) is 0 Å². The van der Waals surface area contributed by atoms with E-state index in [1.54, 1.807) is 26.1 Å². The van der Waals surface area contributed by atoms with Crippen molar-refractivity contribution >= 4 is 41.4 Å². The number of likely N-dealkylation sites (N-methyl/N-ethyl adjacent to an activating group) is 1. The van der Waals surface area contributed by atoms with Crippen molar-refractivity contribution in [1.82, 2.24) is 30.7 Å². The highest BCUT2D eigenvalue weighted by atomic mass is 19.1. The molecule has 0 radical (unpaired) electrons. The molecule has 15 heteroatoms. The summed E-state index contributed by atoms with van der Waals surface area (Å²) in [5.41, 5.74) is 0.418. The van der Waals surface area contributed by atoms with Crippen LogP contribution in [-0.2, 0) is 44.7 Å². The summed E-state index contributed by atoms with van der Waals surface area (Å²) in [6.07, 6.45) is 6.92. The van der Waals surface area contributed by atoms with Gasteiger partial charge < -0.3 is 35.4 Å². The second-order valence-corrected chi connectivity index (χ2v) is 14.5. The van der Waals surface area contributed by atoms with E-state index in [4.69, 9.17) is 4.74 Å². The minimum Gasteiger partial charge on any atom is -0.458 e. The number of hydrogen-bond donors (Lipinski definition) is 3. The van der Waals surface area contributed by atoms with Crippen molar-refractivity contribution in [3.63, 3.8) is 0 Å². The fourth-order valence-corrected chi connectivity index (χ4v) is 7.17. The maximum atomic E-state index is 14.5. The fraction of sp³-hybridized carbons (Fsp3) is 0.615. The number of fused-ring (bicyclic) bond motifs is 2. The molecule has 1 aromatic carbocycles. The van der Waals surface area contributed by atoms with Gasteiger partial charge in [0.1, 0.15) is 42.1 Å². The van der Waals surface area contributed by atoms with Gasteiger partial charge in [0.05, 0.1) is 0 Å². The Morgan fingerprint density at radius 3 is 2.37 bits per heavy atom. The van der Waals surface area contributed by atoms with E-state index in [0.29, 0.717) is 57.1 Å². The molecule has 6 atom stereocenters. The summed E-state index contributed by atoms with van der Waals surface area (Å²) in [7, 11) is 1.62. The third-order valence-electron chi connectivity index (χ3n) is 10.2. The number of unbranched alkanes of at least 4 members (excludes halogenated alkanes) is 2. The first kappa shape index (κ1) is 41.9. The summed E-state index contributed by atoms with van der Waals surface area (Å²) >= 11 is 0. The number of esters is 1. The van der Waals surface area contributed by atoms with Crippen LogP contribution in [0.4, 0.5) is 4.39 Å². The fourth-order valence-electron chi connectivity index (χ4n) is 7.17. The Labute approximate surface area is 316 Å². The zero-order valence-electron chi connectivity index (χ0n) is 31.8. The maximum absolute atomic E-state index is 14.5. The van der Waals surface area contributed by atoms with Gasteiger partial charge in [-0.15, -0.1) is 0 Å². The van der Waals surface area contributed by atoms with E-state index < -0.39 is 71.7 Å². The zero-order valence-corrected chi connectivity index (χ0v) is 31.8. The number of nitrogens with one attached hydrogen (secondary N) is 3. The Bertz CT molecular complexity index is 1570. The standard InChI is InChI=1S/C39H55FN6O8/c1-5-6-7-8-18-33(48)42-29(24-27-14-11-15-28(40)23-27)35(49)43-34-26(3)54-39(53)31-17-13-22-46(31)36(50)25(2)41-32(47)19-9-10-20-44(4)37(51)30-16-12-21-45(30)38(34)52/h8,11,14-15,18,23,25-26,29-31,34H,5-7,9-10,12-13,16-17,19-22,24H2,1-4H3,(H,41,47)(H,42,48)(H,43,49). The predicted molar refractivity (Wildman–Crippen MR) is 197 cm³/mol. The predicted octanol–water partition coefficient (Wildman–Crippen LogP) is 2.14. The number of nitrogens with zero attached hydrogens (tertiary/aromatic N) is 3. The van der Waals surface area contributed by atoms with Crippen molar-refractivity contribution < 1.29 is 42.7 Å². The quantitative estimate of drug-likeness (QED) is 0.195. The number of cyclic esters (lactones) is 1. The number of benzene rings is 1. The van der Waals surface area contributed by atoms with Crippen LogP contribution in [0, 0.1) is 5.82 Å². The summed E-state index contributed by atoms with van der Waals surface area (Å²) in [5.74, 6) is -4.37. The lowest BCUT2D eigenvalue weighted by Crippen LogP contribution is -2.61. The molecule has 6 unspecified atom stereocenters. The maximum Gasteiger partial charge on any atom is 0.329 e. The summed E-state index contributed by atoms with van der Waals surface area (Å²) in [6.45, 7) is 5.83. The molecule has 0 bridgehead atoms. The van der Waals surface area contributed by atoms with Crippen LogP contribution in [0.3, 0.4) is 0 Å². The Hall–Kier alpha value is -4.82. The molecule has 3 aliphatic rings. The molecule has 1 aromatic rings. The molecule has 0 aliphatic carbocycles. The number of halogens is 1. The van der Waals surface area contributed by atoms with Gasteiger partial charge in [0.15, 0.2) is 0 Å². The zero-order chi connectivity index (χ0) is 39.4. The molecule has 3 fully saturated rings. The molecule has 0 aromatic heterocycles. The minimum atomic E-state index is -1.49. The molecule has 3 saturated heterocycles. The molecule has 296 valence electrons. The van der Waals surface area contributed by atoms with Gasteiger partial charge in [-0.2, -0.15) is 0 Å². The van der Waals surface area contributed by atoms with Crippen molar-refractivity contribution in [2.24, 2.45) is 0 Å². The second-order valence-electron chi connectivity index (χ2n) is 14.5. The van der Waals surface area contributed by atoms with Gasteiger partial charge in [-0.1, -0.05) is 38.0 Å². The molecule has 0 spiro atoms. The highest BCUT2D eigenvalue weighted by molar-refractivity contribution is 5.97. The van der Waals surface area contributed by atoms with Gasteiger partial charge >= 0.3 is 5.97 Å². The number of rotatable bonds is 9. The third-order valence-corrected chi connectivity index (χ3v) is 10.2. The lowest BCUT2D eigenvalue weighted by atomic mass is 10.0. The molecule has 4 rings (SSSR count). The van der Waals surface area contributed by atoms with E-state index in [1.807, 2.05) is 6.92 Å². The number of carbonyl (C=O) groups excluding carboxylic acids is 7. The van der Waals surface area contributed by atoms with E-state index >= 15 is 0 Å². The lowest BCUT2D eigenvalue weighted by molar-refractivity contribution is -0.162. The van der Waals surface area contributed by atoms with Gasteiger partial charge in [0, 0.05) is 39.5 Å². The SMILES string of the molecule is CCCCC=CC(=O)NC(Cc1cccc(F)c1)C(=O)NC1C(=O)N2CCCC2C(=O)N(C)CCCCC(=O)NC(C)C(=O)N2CCCC2C(=O)OC1C. The van der Waals surface area contributed by atoms with Gasteiger partial charge in [-0.25, -0.2) is 9.18 Å². The first-order valence-corrected chi connectivity index (χ1v) is 19.2. The summed E-state index contributed by atoms with van der Waals surface area (Å²) in [5, 5.41) is 8.10. The number of allylic oxidation sites excluding steroid dienone is 1. The molecular weight excluding hydrogens is 699 g/mol. The van der Waals surface area contributed by atoms with Crippen molar-refractivity contribution in [2.45, 2.75) is 128 Å². The van der Waals surface area contributed by atoms with Crippen LogP contribution in [0.5, 0.6) is 0 Å². The highest BCUT2D eigenvalue weighted by Gasteiger charge is 2.44. The molecule has 6 amide bonds. The third kappa shape index (κ3) is 11.3. The number of carbonyl (C=O) groups is 7. The minimum absolute atomic E-state index is 0.114. The number of ether oxygens (including phenoxy) is 1. The van der Waals surface area contributed by atoms with Crippen LogP contribution in [0.1, 0.15) is 90.5 Å². The average Bonchev–Trinajstić information content (AvgIpc) is 3.83. The van der Waals surface area contributed by atoms with E-state index in [9.17, 15) is 38.0 Å². The van der Waals surface area contributed by atoms with Crippen molar-refractivity contribution in [2.75, 3.05) is 26.7 Å². The molecular formula is C39H55FN6O8. The summed E-state index contributed by atoms with van der Waals surface area (Å²) in [4.78, 5) is 99.3. The first-order chi connectivity index (χ1) is 25.8. The largest absolute Gasteiger partial charge is 0.458 e. The molecule has 54 heavy (non-hydrogen) atoms. The van der Waals surface area contributed by atoms with Crippen LogP contribution >= 0.6 is 0 Å².